The Hall–Kier alpha value is -2.24. The Kier molecular flexibility index (Phi) is 6.47. The van der Waals surface area contributed by atoms with Crippen molar-refractivity contribution in [1.29, 1.82) is 0 Å². The third-order valence-electron chi connectivity index (χ3n) is 4.70. The summed E-state index contributed by atoms with van der Waals surface area (Å²) in [5.41, 5.74) is 2.81. The number of rotatable bonds is 7. The van der Waals surface area contributed by atoms with Gasteiger partial charge < -0.3 is 4.90 Å². The Morgan fingerprint density at radius 1 is 0.893 bits per heavy atom. The van der Waals surface area contributed by atoms with Gasteiger partial charge in [-0.3, -0.25) is 9.59 Å². The van der Waals surface area contributed by atoms with Crippen LogP contribution in [0.25, 0.3) is 5.57 Å². The number of nitrogens with zero attached hydrogens (tertiary/aromatic N) is 2. The van der Waals surface area contributed by atoms with Gasteiger partial charge >= 0.3 is 0 Å². The molecule has 0 aliphatic carbocycles. The Balaban J connectivity index is 1.97. The number of hydrogen-bond acceptors (Lipinski definition) is 4. The molecule has 2 aromatic rings. The molecule has 1 heterocycles. The predicted octanol–water partition coefficient (Wildman–Crippen LogP) is 5.22. The molecule has 0 saturated carbocycles. The Morgan fingerprint density at radius 3 is 2.04 bits per heavy atom. The molecule has 0 fully saturated rings. The monoisotopic (exact) mass is 414 g/mol. The number of hydrogen-bond donors (Lipinski definition) is 0. The zero-order chi connectivity index (χ0) is 20.3. The van der Waals surface area contributed by atoms with Gasteiger partial charge in [-0.1, -0.05) is 30.7 Å². The van der Waals surface area contributed by atoms with Crippen LogP contribution in [0.4, 0.5) is 11.4 Å². The van der Waals surface area contributed by atoms with Crippen LogP contribution in [0.2, 0.25) is 5.02 Å². The van der Waals surface area contributed by atoms with Crippen molar-refractivity contribution in [3.8, 4) is 0 Å². The molecule has 6 heteroatoms. The van der Waals surface area contributed by atoms with Gasteiger partial charge in [-0.05, 0) is 61.6 Å². The van der Waals surface area contributed by atoms with E-state index in [4.69, 9.17) is 11.6 Å². The fourth-order valence-corrected chi connectivity index (χ4v) is 4.27. The molecule has 0 aromatic heterocycles. The lowest BCUT2D eigenvalue weighted by Gasteiger charge is -2.22. The lowest BCUT2D eigenvalue weighted by atomic mass is 10.1. The number of carbonyl (C=O) groups is 2. The van der Waals surface area contributed by atoms with Gasteiger partial charge in [0.25, 0.3) is 11.8 Å². The number of halogens is 1. The first-order valence-electron chi connectivity index (χ1n) is 9.38. The molecule has 146 valence electrons. The van der Waals surface area contributed by atoms with Crippen LogP contribution < -0.4 is 9.80 Å². The zero-order valence-electron chi connectivity index (χ0n) is 16.2. The highest BCUT2D eigenvalue weighted by Crippen LogP contribution is 2.38. The van der Waals surface area contributed by atoms with Crippen LogP contribution in [0.15, 0.2) is 53.4 Å². The van der Waals surface area contributed by atoms with E-state index in [-0.39, 0.29) is 11.8 Å². The maximum atomic E-state index is 13.2. The topological polar surface area (TPSA) is 40.6 Å². The lowest BCUT2D eigenvalue weighted by molar-refractivity contribution is -0.119. The van der Waals surface area contributed by atoms with Crippen LogP contribution in [0.1, 0.15) is 26.3 Å². The number of amides is 2. The van der Waals surface area contributed by atoms with Crippen LogP contribution in [0, 0.1) is 0 Å². The van der Waals surface area contributed by atoms with Gasteiger partial charge in [-0.25, -0.2) is 4.90 Å². The van der Waals surface area contributed by atoms with E-state index in [1.807, 2.05) is 31.2 Å². The van der Waals surface area contributed by atoms with Crippen molar-refractivity contribution in [2.24, 2.45) is 0 Å². The normalized spacial score (nSPS) is 14.2. The summed E-state index contributed by atoms with van der Waals surface area (Å²) >= 11 is 7.38. The number of benzene rings is 2. The summed E-state index contributed by atoms with van der Waals surface area (Å²) in [6, 6.07) is 14.6. The maximum absolute atomic E-state index is 13.2. The van der Waals surface area contributed by atoms with E-state index >= 15 is 0 Å². The average Bonchev–Trinajstić information content (AvgIpc) is 2.94. The quantitative estimate of drug-likeness (QED) is 0.582. The van der Waals surface area contributed by atoms with E-state index < -0.39 is 0 Å². The average molecular weight is 415 g/mol. The second-order valence-corrected chi connectivity index (χ2v) is 7.99. The van der Waals surface area contributed by atoms with Crippen LogP contribution in [0.5, 0.6) is 0 Å². The summed E-state index contributed by atoms with van der Waals surface area (Å²) in [7, 11) is 0. The first-order valence-corrected chi connectivity index (χ1v) is 10.7. The molecule has 0 unspecified atom stereocenters. The predicted molar refractivity (Wildman–Crippen MR) is 119 cm³/mol. The standard InChI is InChI=1S/C22H23ClN2O2S/c1-4-24(5-2)17-11-13-18(14-12-17)25-21(26)19(20(22(25)27)28-6-3)15-7-9-16(23)10-8-15/h7-14H,4-6H2,1-3H3. The number of thioether (sulfide) groups is 1. The third-order valence-corrected chi connectivity index (χ3v) is 5.91. The Labute approximate surface area is 175 Å². The van der Waals surface area contributed by atoms with Gasteiger partial charge in [0.1, 0.15) is 0 Å². The maximum Gasteiger partial charge on any atom is 0.272 e. The molecular weight excluding hydrogens is 392 g/mol. The van der Waals surface area contributed by atoms with Gasteiger partial charge in [0.15, 0.2) is 0 Å². The molecule has 0 spiro atoms. The van der Waals surface area contributed by atoms with Crippen molar-refractivity contribution in [3.63, 3.8) is 0 Å². The van der Waals surface area contributed by atoms with E-state index in [1.165, 1.54) is 16.7 Å². The van der Waals surface area contributed by atoms with E-state index in [0.29, 0.717) is 32.5 Å². The minimum absolute atomic E-state index is 0.266. The van der Waals surface area contributed by atoms with Crippen LogP contribution in [0.3, 0.4) is 0 Å². The fourth-order valence-electron chi connectivity index (χ4n) is 3.29. The van der Waals surface area contributed by atoms with Crippen molar-refractivity contribution < 1.29 is 9.59 Å². The van der Waals surface area contributed by atoms with E-state index in [1.54, 1.807) is 24.3 Å². The molecule has 28 heavy (non-hydrogen) atoms. The van der Waals surface area contributed by atoms with E-state index in [2.05, 4.69) is 18.7 Å². The lowest BCUT2D eigenvalue weighted by Crippen LogP contribution is -2.31. The largest absolute Gasteiger partial charge is 0.372 e. The SMILES string of the molecule is CCSC1=C(c2ccc(Cl)cc2)C(=O)N(c2ccc(N(CC)CC)cc2)C1=O. The van der Waals surface area contributed by atoms with Crippen molar-refractivity contribution in [1.82, 2.24) is 0 Å². The van der Waals surface area contributed by atoms with Gasteiger partial charge in [0.2, 0.25) is 0 Å². The second kappa shape index (κ2) is 8.84. The first-order chi connectivity index (χ1) is 13.5. The summed E-state index contributed by atoms with van der Waals surface area (Å²) in [5, 5.41) is 0.592. The molecule has 1 aliphatic rings. The molecule has 0 bridgehead atoms. The van der Waals surface area contributed by atoms with Crippen molar-refractivity contribution in [2.75, 3.05) is 28.6 Å². The van der Waals surface area contributed by atoms with Gasteiger partial charge in [0, 0.05) is 23.8 Å². The molecule has 4 nitrogen and oxygen atoms in total. The molecule has 0 saturated heterocycles. The highest BCUT2D eigenvalue weighted by atomic mass is 35.5. The molecule has 0 atom stereocenters. The van der Waals surface area contributed by atoms with E-state index in [9.17, 15) is 9.59 Å². The Bertz CT molecular complexity index is 903. The van der Waals surface area contributed by atoms with Gasteiger partial charge in [0.05, 0.1) is 16.2 Å². The van der Waals surface area contributed by atoms with Crippen LogP contribution >= 0.6 is 23.4 Å². The van der Waals surface area contributed by atoms with Gasteiger partial charge in [-0.15, -0.1) is 11.8 Å². The van der Waals surface area contributed by atoms with Gasteiger partial charge in [-0.2, -0.15) is 0 Å². The molecule has 2 amide bonds. The minimum Gasteiger partial charge on any atom is -0.372 e. The van der Waals surface area contributed by atoms with Crippen LogP contribution in [-0.4, -0.2) is 30.7 Å². The summed E-state index contributed by atoms with van der Waals surface area (Å²) in [6.07, 6.45) is 0. The highest BCUT2D eigenvalue weighted by Gasteiger charge is 2.39. The van der Waals surface area contributed by atoms with Crippen LogP contribution in [-0.2, 0) is 9.59 Å². The van der Waals surface area contributed by atoms with Crippen molar-refractivity contribution >= 4 is 52.1 Å². The molecule has 1 aliphatic heterocycles. The fraction of sp³-hybridized carbons (Fsp3) is 0.273. The number of carbonyl (C=O) groups excluding carboxylic acids is 2. The summed E-state index contributed by atoms with van der Waals surface area (Å²) < 4.78 is 0. The molecule has 3 rings (SSSR count). The summed E-state index contributed by atoms with van der Waals surface area (Å²) in [5.74, 6) is 0.149. The molecule has 2 aromatic carbocycles. The molecule has 0 radical (unpaired) electrons. The Morgan fingerprint density at radius 2 is 1.50 bits per heavy atom. The second-order valence-electron chi connectivity index (χ2n) is 6.28. The van der Waals surface area contributed by atoms with Crippen molar-refractivity contribution in [3.05, 3.63) is 64.0 Å². The molecule has 0 N–H and O–H groups in total. The smallest absolute Gasteiger partial charge is 0.272 e. The summed E-state index contributed by atoms with van der Waals surface area (Å²) in [6.45, 7) is 7.97. The third kappa shape index (κ3) is 3.82. The zero-order valence-corrected chi connectivity index (χ0v) is 17.8. The first kappa shape index (κ1) is 20.5. The highest BCUT2D eigenvalue weighted by molar-refractivity contribution is 8.04. The molecular formula is C22H23ClN2O2S. The number of imide groups is 1. The summed E-state index contributed by atoms with van der Waals surface area (Å²) in [4.78, 5) is 30.3. The number of anilines is 2. The van der Waals surface area contributed by atoms with E-state index in [0.717, 1.165) is 18.8 Å². The minimum atomic E-state index is -0.293. The van der Waals surface area contributed by atoms with Crippen molar-refractivity contribution in [2.45, 2.75) is 20.8 Å².